The van der Waals surface area contributed by atoms with E-state index in [0.29, 0.717) is 0 Å². The zero-order valence-electron chi connectivity index (χ0n) is 13.1. The highest BCUT2D eigenvalue weighted by Gasteiger charge is 2.12. The minimum absolute atomic E-state index is 0.744. The molecule has 0 spiro atoms. The maximum Gasteiger partial charge on any atom is 0.168 e. The van der Waals surface area contributed by atoms with Gasteiger partial charge in [0.05, 0.1) is 14.2 Å². The second-order valence-corrected chi connectivity index (χ2v) is 5.24. The summed E-state index contributed by atoms with van der Waals surface area (Å²) < 4.78 is 11.0. The van der Waals surface area contributed by atoms with E-state index in [1.807, 2.05) is 48.6 Å². The third-order valence-electron chi connectivity index (χ3n) is 3.49. The minimum Gasteiger partial charge on any atom is -0.493 e. The van der Waals surface area contributed by atoms with Crippen LogP contribution in [0.2, 0.25) is 0 Å². The number of thiocarbonyl (C=S) groups is 1. The number of benzene rings is 2. The van der Waals surface area contributed by atoms with E-state index in [1.165, 1.54) is 0 Å². The van der Waals surface area contributed by atoms with Crippen molar-refractivity contribution in [3.05, 3.63) is 65.2 Å². The zero-order valence-corrected chi connectivity index (χ0v) is 13.9. The maximum atomic E-state index is 5.53. The average Bonchev–Trinajstić information content (AvgIpc) is 2.59. The molecule has 2 nitrogen and oxygen atoms in total. The van der Waals surface area contributed by atoms with Gasteiger partial charge in [-0.15, -0.1) is 0 Å². The molecule has 2 aromatic rings. The molecule has 0 saturated carbocycles. The number of hydrogen-bond acceptors (Lipinski definition) is 3. The molecule has 0 atom stereocenters. The standard InChI is InChI=1S/C19H20O2S/c1-4-14-10-11-16(19(21-3)18(14)20-2)12-13-17(22)15-8-6-5-7-9-15/h5-13H,4H2,1-3H3. The lowest BCUT2D eigenvalue weighted by Gasteiger charge is -2.14. The van der Waals surface area contributed by atoms with E-state index in [9.17, 15) is 0 Å². The van der Waals surface area contributed by atoms with Gasteiger partial charge >= 0.3 is 0 Å². The number of rotatable bonds is 6. The van der Waals surface area contributed by atoms with Crippen molar-refractivity contribution >= 4 is 23.2 Å². The summed E-state index contributed by atoms with van der Waals surface area (Å²) in [6.07, 6.45) is 4.79. The minimum atomic E-state index is 0.744. The Balaban J connectivity index is 2.33. The Hall–Kier alpha value is -2.13. The third-order valence-corrected chi connectivity index (χ3v) is 3.86. The Morgan fingerprint density at radius 2 is 1.68 bits per heavy atom. The van der Waals surface area contributed by atoms with Gasteiger partial charge in [-0.05, 0) is 29.7 Å². The topological polar surface area (TPSA) is 18.5 Å². The highest BCUT2D eigenvalue weighted by molar-refractivity contribution is 7.81. The lowest BCUT2D eigenvalue weighted by molar-refractivity contribution is 0.351. The molecule has 0 fully saturated rings. The summed E-state index contributed by atoms with van der Waals surface area (Å²) in [5, 5.41) is 0. The summed E-state index contributed by atoms with van der Waals surface area (Å²) in [5.74, 6) is 1.53. The van der Waals surface area contributed by atoms with E-state index in [2.05, 4.69) is 13.0 Å². The summed E-state index contributed by atoms with van der Waals surface area (Å²) in [6, 6.07) is 14.0. The molecular formula is C19H20O2S. The molecule has 0 aliphatic heterocycles. The van der Waals surface area contributed by atoms with E-state index in [-0.39, 0.29) is 0 Å². The number of allylic oxidation sites excluding steroid dienone is 1. The van der Waals surface area contributed by atoms with Crippen molar-refractivity contribution in [3.8, 4) is 11.5 Å². The van der Waals surface area contributed by atoms with Crippen molar-refractivity contribution in [1.82, 2.24) is 0 Å². The van der Waals surface area contributed by atoms with Crippen molar-refractivity contribution < 1.29 is 9.47 Å². The zero-order chi connectivity index (χ0) is 15.9. The van der Waals surface area contributed by atoms with Crippen molar-refractivity contribution in [2.75, 3.05) is 14.2 Å². The first-order valence-electron chi connectivity index (χ1n) is 7.22. The van der Waals surface area contributed by atoms with E-state index in [0.717, 1.165) is 39.5 Å². The van der Waals surface area contributed by atoms with Crippen LogP contribution < -0.4 is 9.47 Å². The lowest BCUT2D eigenvalue weighted by Crippen LogP contribution is -1.98. The number of hydrogen-bond donors (Lipinski definition) is 0. The molecule has 0 unspecified atom stereocenters. The van der Waals surface area contributed by atoms with Gasteiger partial charge in [-0.3, -0.25) is 0 Å². The first-order valence-corrected chi connectivity index (χ1v) is 7.63. The summed E-state index contributed by atoms with van der Waals surface area (Å²) in [7, 11) is 3.32. The molecule has 0 aliphatic rings. The molecular weight excluding hydrogens is 292 g/mol. The highest BCUT2D eigenvalue weighted by Crippen LogP contribution is 2.35. The Morgan fingerprint density at radius 1 is 1.00 bits per heavy atom. The van der Waals surface area contributed by atoms with Gasteiger partial charge in [-0.1, -0.05) is 61.6 Å². The molecule has 0 aromatic heterocycles. The summed E-state index contributed by atoms with van der Waals surface area (Å²) in [6.45, 7) is 2.09. The highest BCUT2D eigenvalue weighted by atomic mass is 32.1. The molecule has 0 heterocycles. The predicted octanol–water partition coefficient (Wildman–Crippen LogP) is 4.70. The smallest absolute Gasteiger partial charge is 0.168 e. The van der Waals surface area contributed by atoms with Gasteiger partial charge < -0.3 is 9.47 Å². The van der Waals surface area contributed by atoms with Crippen LogP contribution >= 0.6 is 12.2 Å². The van der Waals surface area contributed by atoms with Crippen molar-refractivity contribution in [1.29, 1.82) is 0 Å². The molecule has 0 aliphatic carbocycles. The van der Waals surface area contributed by atoms with E-state index in [1.54, 1.807) is 14.2 Å². The Bertz CT molecular complexity index is 675. The van der Waals surface area contributed by atoms with Gasteiger partial charge in [-0.25, -0.2) is 0 Å². The number of aryl methyl sites for hydroxylation is 1. The molecule has 2 aromatic carbocycles. The molecule has 0 saturated heterocycles. The Kier molecular flexibility index (Phi) is 5.73. The molecule has 0 bridgehead atoms. The van der Waals surface area contributed by atoms with Crippen molar-refractivity contribution in [3.63, 3.8) is 0 Å². The normalized spacial score (nSPS) is 10.7. The SMILES string of the molecule is CCc1ccc(C=CC(=S)c2ccccc2)c(OC)c1OC. The largest absolute Gasteiger partial charge is 0.493 e. The maximum absolute atomic E-state index is 5.53. The number of ether oxygens (including phenoxy) is 2. The fourth-order valence-corrected chi connectivity index (χ4v) is 2.53. The molecule has 22 heavy (non-hydrogen) atoms. The molecule has 2 rings (SSSR count). The van der Waals surface area contributed by atoms with Crippen LogP contribution in [0.4, 0.5) is 0 Å². The van der Waals surface area contributed by atoms with Crippen LogP contribution in [0.25, 0.3) is 6.08 Å². The molecule has 0 N–H and O–H groups in total. The Morgan fingerprint density at radius 3 is 2.27 bits per heavy atom. The first kappa shape index (κ1) is 16.2. The van der Waals surface area contributed by atoms with Crippen molar-refractivity contribution in [2.24, 2.45) is 0 Å². The monoisotopic (exact) mass is 312 g/mol. The van der Waals surface area contributed by atoms with Crippen LogP contribution in [0.3, 0.4) is 0 Å². The van der Waals surface area contributed by atoms with Gasteiger partial charge in [0, 0.05) is 10.4 Å². The van der Waals surface area contributed by atoms with Crippen LogP contribution in [0.1, 0.15) is 23.6 Å². The molecule has 0 radical (unpaired) electrons. The second kappa shape index (κ2) is 7.76. The van der Waals surface area contributed by atoms with Crippen LogP contribution in [0.15, 0.2) is 48.5 Å². The van der Waals surface area contributed by atoms with E-state index < -0.39 is 0 Å². The molecule has 114 valence electrons. The summed E-state index contributed by atoms with van der Waals surface area (Å²) >= 11 is 5.45. The summed E-state index contributed by atoms with van der Waals surface area (Å²) in [4.78, 5) is 0.793. The van der Waals surface area contributed by atoms with Crippen molar-refractivity contribution in [2.45, 2.75) is 13.3 Å². The number of methoxy groups -OCH3 is 2. The fraction of sp³-hybridized carbons (Fsp3) is 0.211. The van der Waals surface area contributed by atoms with Crippen LogP contribution in [0, 0.1) is 0 Å². The lowest BCUT2D eigenvalue weighted by atomic mass is 10.0. The average molecular weight is 312 g/mol. The Labute approximate surface area is 137 Å². The predicted molar refractivity (Wildman–Crippen MR) is 96.1 cm³/mol. The van der Waals surface area contributed by atoms with Crippen LogP contribution in [-0.2, 0) is 6.42 Å². The van der Waals surface area contributed by atoms with Crippen LogP contribution in [0.5, 0.6) is 11.5 Å². The summed E-state index contributed by atoms with van der Waals surface area (Å²) in [5.41, 5.74) is 3.11. The quantitative estimate of drug-likeness (QED) is 0.438. The second-order valence-electron chi connectivity index (χ2n) is 4.80. The molecule has 3 heteroatoms. The first-order chi connectivity index (χ1) is 10.7. The van der Waals surface area contributed by atoms with E-state index >= 15 is 0 Å². The van der Waals surface area contributed by atoms with Gasteiger partial charge in [0.1, 0.15) is 0 Å². The van der Waals surface area contributed by atoms with Gasteiger partial charge in [0.2, 0.25) is 0 Å². The third kappa shape index (κ3) is 3.55. The van der Waals surface area contributed by atoms with Crippen LogP contribution in [-0.4, -0.2) is 19.1 Å². The van der Waals surface area contributed by atoms with Gasteiger partial charge in [0.15, 0.2) is 11.5 Å². The van der Waals surface area contributed by atoms with Gasteiger partial charge in [-0.2, -0.15) is 0 Å². The van der Waals surface area contributed by atoms with E-state index in [4.69, 9.17) is 21.7 Å². The van der Waals surface area contributed by atoms with Gasteiger partial charge in [0.25, 0.3) is 0 Å². The molecule has 0 amide bonds. The fourth-order valence-electron chi connectivity index (χ4n) is 2.33.